The highest BCUT2D eigenvalue weighted by Crippen LogP contribution is 2.51. The van der Waals surface area contributed by atoms with Crippen LogP contribution in [0.15, 0.2) is 0 Å². The van der Waals surface area contributed by atoms with Crippen molar-refractivity contribution in [3.05, 3.63) is 0 Å². The standard InChI is InChI=1S/C9H18O2S/c1-8(2)6-9(4-5-9)7-12(3,10)11/h8H,4-7H2,1-3H3. The average Bonchev–Trinajstić information content (AvgIpc) is 2.40. The molecular formula is C9H18O2S. The lowest BCUT2D eigenvalue weighted by Gasteiger charge is -2.15. The van der Waals surface area contributed by atoms with Crippen LogP contribution in [0.25, 0.3) is 0 Å². The highest BCUT2D eigenvalue weighted by Gasteiger charge is 2.44. The quantitative estimate of drug-likeness (QED) is 0.678. The minimum atomic E-state index is -2.76. The Morgan fingerprint density at radius 3 is 2.08 bits per heavy atom. The Balaban J connectivity index is 2.51. The molecule has 2 nitrogen and oxygen atoms in total. The molecule has 3 heteroatoms. The fourth-order valence-corrected chi connectivity index (χ4v) is 3.53. The molecule has 0 aromatic carbocycles. The number of hydrogen-bond acceptors (Lipinski definition) is 2. The molecule has 0 aromatic rings. The number of sulfone groups is 1. The predicted molar refractivity (Wildman–Crippen MR) is 50.8 cm³/mol. The number of hydrogen-bond donors (Lipinski definition) is 0. The predicted octanol–water partition coefficient (Wildman–Crippen LogP) is 1.86. The van der Waals surface area contributed by atoms with Crippen molar-refractivity contribution < 1.29 is 8.42 Å². The van der Waals surface area contributed by atoms with Crippen LogP contribution < -0.4 is 0 Å². The van der Waals surface area contributed by atoms with Crippen molar-refractivity contribution >= 4 is 9.84 Å². The van der Waals surface area contributed by atoms with Crippen LogP contribution in [0.5, 0.6) is 0 Å². The van der Waals surface area contributed by atoms with Crippen LogP contribution in [0, 0.1) is 11.3 Å². The van der Waals surface area contributed by atoms with Crippen molar-refractivity contribution in [2.45, 2.75) is 33.1 Å². The van der Waals surface area contributed by atoms with Gasteiger partial charge >= 0.3 is 0 Å². The molecule has 0 saturated heterocycles. The molecule has 1 fully saturated rings. The van der Waals surface area contributed by atoms with Crippen LogP contribution in [0.4, 0.5) is 0 Å². The summed E-state index contributed by atoms with van der Waals surface area (Å²) in [6.07, 6.45) is 4.63. The first-order chi connectivity index (χ1) is 5.33. The zero-order chi connectivity index (χ0) is 9.41. The minimum absolute atomic E-state index is 0.168. The molecule has 0 N–H and O–H groups in total. The van der Waals surface area contributed by atoms with Gasteiger partial charge in [-0.3, -0.25) is 0 Å². The van der Waals surface area contributed by atoms with Crippen LogP contribution in [-0.2, 0) is 9.84 Å². The van der Waals surface area contributed by atoms with E-state index in [2.05, 4.69) is 13.8 Å². The van der Waals surface area contributed by atoms with Crippen LogP contribution >= 0.6 is 0 Å². The smallest absolute Gasteiger partial charge is 0.148 e. The highest BCUT2D eigenvalue weighted by molar-refractivity contribution is 7.90. The van der Waals surface area contributed by atoms with Gasteiger partial charge in [0.15, 0.2) is 0 Å². The Morgan fingerprint density at radius 2 is 1.83 bits per heavy atom. The molecule has 1 rings (SSSR count). The van der Waals surface area contributed by atoms with E-state index in [1.54, 1.807) is 0 Å². The van der Waals surface area contributed by atoms with Crippen molar-refractivity contribution in [2.24, 2.45) is 11.3 Å². The van der Waals surface area contributed by atoms with Gasteiger partial charge in [-0.1, -0.05) is 13.8 Å². The molecule has 1 aliphatic rings. The van der Waals surface area contributed by atoms with E-state index in [9.17, 15) is 8.42 Å². The third-order valence-corrected chi connectivity index (χ3v) is 3.50. The Bertz CT molecular complexity index is 248. The first-order valence-electron chi connectivity index (χ1n) is 4.51. The zero-order valence-electron chi connectivity index (χ0n) is 8.13. The maximum atomic E-state index is 11.1. The van der Waals surface area contributed by atoms with E-state index in [1.807, 2.05) is 0 Å². The van der Waals surface area contributed by atoms with E-state index >= 15 is 0 Å². The summed E-state index contributed by atoms with van der Waals surface area (Å²) in [6.45, 7) is 4.31. The van der Waals surface area contributed by atoms with Crippen molar-refractivity contribution in [2.75, 3.05) is 12.0 Å². The summed E-state index contributed by atoms with van der Waals surface area (Å²) in [4.78, 5) is 0. The van der Waals surface area contributed by atoms with Gasteiger partial charge in [-0.05, 0) is 30.6 Å². The molecule has 0 aromatic heterocycles. The Morgan fingerprint density at radius 1 is 1.33 bits per heavy atom. The van der Waals surface area contributed by atoms with E-state index in [1.165, 1.54) is 6.26 Å². The van der Waals surface area contributed by atoms with Gasteiger partial charge < -0.3 is 0 Å². The Labute approximate surface area is 75.3 Å². The van der Waals surface area contributed by atoms with E-state index < -0.39 is 9.84 Å². The maximum absolute atomic E-state index is 11.1. The third kappa shape index (κ3) is 3.13. The van der Waals surface area contributed by atoms with E-state index in [0.717, 1.165) is 19.3 Å². The van der Waals surface area contributed by atoms with Crippen molar-refractivity contribution in [3.8, 4) is 0 Å². The first kappa shape index (κ1) is 10.0. The minimum Gasteiger partial charge on any atom is -0.229 e. The van der Waals surface area contributed by atoms with Crippen molar-refractivity contribution in [3.63, 3.8) is 0 Å². The molecule has 1 aliphatic carbocycles. The molecule has 1 saturated carbocycles. The summed E-state index contributed by atoms with van der Waals surface area (Å²) in [5.74, 6) is 1.02. The summed E-state index contributed by atoms with van der Waals surface area (Å²) < 4.78 is 22.1. The van der Waals surface area contributed by atoms with Gasteiger partial charge in [0.1, 0.15) is 9.84 Å². The van der Waals surface area contributed by atoms with Gasteiger partial charge in [0.25, 0.3) is 0 Å². The van der Waals surface area contributed by atoms with Gasteiger partial charge in [0.05, 0.1) is 5.75 Å². The van der Waals surface area contributed by atoms with Gasteiger partial charge in [-0.2, -0.15) is 0 Å². The Kier molecular flexibility index (Phi) is 2.52. The SMILES string of the molecule is CC(C)CC1(CS(C)(=O)=O)CC1. The lowest BCUT2D eigenvalue weighted by molar-refractivity contribution is 0.421. The van der Waals surface area contributed by atoms with Crippen LogP contribution in [0.2, 0.25) is 0 Å². The van der Waals surface area contributed by atoms with Crippen LogP contribution in [0.1, 0.15) is 33.1 Å². The lowest BCUT2D eigenvalue weighted by Crippen LogP contribution is -2.17. The van der Waals surface area contributed by atoms with Gasteiger partial charge in [0, 0.05) is 6.26 Å². The molecule has 0 radical (unpaired) electrons. The molecule has 0 aliphatic heterocycles. The topological polar surface area (TPSA) is 34.1 Å². The second-order valence-corrected chi connectivity index (χ2v) is 6.81. The normalized spacial score (nSPS) is 21.3. The average molecular weight is 190 g/mol. The molecule has 0 bridgehead atoms. The second kappa shape index (κ2) is 3.02. The Hall–Kier alpha value is -0.0500. The van der Waals surface area contributed by atoms with E-state index in [4.69, 9.17) is 0 Å². The third-order valence-electron chi connectivity index (χ3n) is 2.37. The van der Waals surface area contributed by atoms with Crippen molar-refractivity contribution in [1.29, 1.82) is 0 Å². The van der Waals surface area contributed by atoms with Crippen molar-refractivity contribution in [1.82, 2.24) is 0 Å². The summed E-state index contributed by atoms with van der Waals surface area (Å²) in [5, 5.41) is 0. The monoisotopic (exact) mass is 190 g/mol. The molecule has 0 heterocycles. The zero-order valence-corrected chi connectivity index (χ0v) is 8.95. The molecule has 12 heavy (non-hydrogen) atoms. The summed E-state index contributed by atoms with van der Waals surface area (Å²) in [6, 6.07) is 0. The summed E-state index contributed by atoms with van der Waals surface area (Å²) >= 11 is 0. The molecule has 0 spiro atoms. The molecule has 0 atom stereocenters. The molecule has 0 amide bonds. The van der Waals surface area contributed by atoms with E-state index in [-0.39, 0.29) is 5.41 Å². The fourth-order valence-electron chi connectivity index (χ4n) is 2.01. The lowest BCUT2D eigenvalue weighted by atomic mass is 9.96. The molecule has 0 unspecified atom stereocenters. The van der Waals surface area contributed by atoms with Crippen LogP contribution in [0.3, 0.4) is 0 Å². The van der Waals surface area contributed by atoms with Crippen LogP contribution in [-0.4, -0.2) is 20.4 Å². The maximum Gasteiger partial charge on any atom is 0.148 e. The molecule has 72 valence electrons. The molecular weight excluding hydrogens is 172 g/mol. The summed E-state index contributed by atoms with van der Waals surface area (Å²) in [5.41, 5.74) is 0.168. The largest absolute Gasteiger partial charge is 0.229 e. The number of rotatable bonds is 4. The van der Waals surface area contributed by atoms with Gasteiger partial charge in [0.2, 0.25) is 0 Å². The fraction of sp³-hybridized carbons (Fsp3) is 1.00. The highest BCUT2D eigenvalue weighted by atomic mass is 32.2. The van der Waals surface area contributed by atoms with E-state index in [0.29, 0.717) is 11.7 Å². The van der Waals surface area contributed by atoms with Gasteiger partial charge in [-0.25, -0.2) is 8.42 Å². The first-order valence-corrected chi connectivity index (χ1v) is 6.57. The van der Waals surface area contributed by atoms with Gasteiger partial charge in [-0.15, -0.1) is 0 Å². The second-order valence-electron chi connectivity index (χ2n) is 4.67. The summed E-state index contributed by atoms with van der Waals surface area (Å²) in [7, 11) is -2.76.